The van der Waals surface area contributed by atoms with Crippen molar-refractivity contribution in [3.8, 4) is 11.5 Å². The minimum Gasteiger partial charge on any atom is -0.493 e. The molecule has 0 spiro atoms. The average molecular weight is 399 g/mol. The van der Waals surface area contributed by atoms with Gasteiger partial charge in [-0.05, 0) is 31.0 Å². The van der Waals surface area contributed by atoms with E-state index in [0.29, 0.717) is 23.5 Å². The molecule has 0 bridgehead atoms. The predicted molar refractivity (Wildman–Crippen MR) is 98.6 cm³/mol. The summed E-state index contributed by atoms with van der Waals surface area (Å²) in [5.41, 5.74) is 0.660. The zero-order chi connectivity index (χ0) is 20.2. The Morgan fingerprint density at radius 2 is 1.89 bits per heavy atom. The van der Waals surface area contributed by atoms with Crippen LogP contribution in [0.15, 0.2) is 18.2 Å². The summed E-state index contributed by atoms with van der Waals surface area (Å²) in [5.74, 6) is 0.0818. The number of carbonyl (C=O) groups excluding carboxylic acids is 2. The van der Waals surface area contributed by atoms with Crippen molar-refractivity contribution in [1.82, 2.24) is 4.90 Å². The molecule has 1 aliphatic rings. The van der Waals surface area contributed by atoms with Crippen LogP contribution in [0.2, 0.25) is 0 Å². The molecule has 0 saturated carbocycles. The van der Waals surface area contributed by atoms with Crippen molar-refractivity contribution >= 4 is 21.7 Å². The summed E-state index contributed by atoms with van der Waals surface area (Å²) in [6.45, 7) is 1.48. The summed E-state index contributed by atoms with van der Waals surface area (Å²) in [7, 11) is 1.45. The van der Waals surface area contributed by atoms with Crippen LogP contribution in [-0.4, -0.2) is 70.1 Å². The second-order valence-corrected chi connectivity index (χ2v) is 8.73. The van der Waals surface area contributed by atoms with Crippen molar-refractivity contribution in [1.29, 1.82) is 0 Å². The first-order chi connectivity index (χ1) is 12.7. The first-order valence-corrected chi connectivity index (χ1v) is 10.4. The largest absolute Gasteiger partial charge is 0.493 e. The van der Waals surface area contributed by atoms with E-state index in [-0.39, 0.29) is 24.0 Å². The first-order valence-electron chi connectivity index (χ1n) is 8.54. The summed E-state index contributed by atoms with van der Waals surface area (Å²) in [4.78, 5) is 26.0. The number of methoxy groups -OCH3 is 2. The van der Waals surface area contributed by atoms with Crippen LogP contribution in [0.25, 0.3) is 0 Å². The smallest absolute Gasteiger partial charge is 0.311 e. The molecule has 0 aliphatic carbocycles. The summed E-state index contributed by atoms with van der Waals surface area (Å²) in [6.07, 6.45) is -0.623. The number of hydrogen-bond acceptors (Lipinski definition) is 7. The Balaban J connectivity index is 1.94. The van der Waals surface area contributed by atoms with Gasteiger partial charge in [0.2, 0.25) is 0 Å². The average Bonchev–Trinajstić information content (AvgIpc) is 2.99. The number of amides is 1. The topological polar surface area (TPSA) is 99.2 Å². The van der Waals surface area contributed by atoms with Crippen LogP contribution >= 0.6 is 0 Å². The first kappa shape index (κ1) is 21.0. The monoisotopic (exact) mass is 399 g/mol. The van der Waals surface area contributed by atoms with Gasteiger partial charge >= 0.3 is 5.97 Å². The molecule has 2 unspecified atom stereocenters. The number of sulfone groups is 1. The van der Waals surface area contributed by atoms with E-state index in [2.05, 4.69) is 0 Å². The van der Waals surface area contributed by atoms with Gasteiger partial charge in [-0.15, -0.1) is 0 Å². The molecule has 1 amide bonds. The summed E-state index contributed by atoms with van der Waals surface area (Å²) >= 11 is 0. The Morgan fingerprint density at radius 1 is 1.22 bits per heavy atom. The maximum absolute atomic E-state index is 12.4. The zero-order valence-electron chi connectivity index (χ0n) is 15.9. The van der Waals surface area contributed by atoms with Crippen LogP contribution in [0.1, 0.15) is 18.9 Å². The standard InChI is InChI=1S/C18H25NO7S/c1-12(18(21)19(2)14-7-8-27(22,23)11-14)26-17(20)10-13-5-6-15(24-3)16(9-13)25-4/h5-6,9,12,14H,7-8,10-11H2,1-4H3. The van der Waals surface area contributed by atoms with Crippen LogP contribution < -0.4 is 9.47 Å². The van der Waals surface area contributed by atoms with E-state index in [9.17, 15) is 18.0 Å². The maximum Gasteiger partial charge on any atom is 0.311 e. The SMILES string of the molecule is COc1ccc(CC(=O)OC(C)C(=O)N(C)C2CCS(=O)(=O)C2)cc1OC. The van der Waals surface area contributed by atoms with Crippen molar-refractivity contribution in [3.63, 3.8) is 0 Å². The van der Waals surface area contributed by atoms with E-state index in [0.717, 1.165) is 0 Å². The van der Waals surface area contributed by atoms with Crippen molar-refractivity contribution in [2.75, 3.05) is 32.8 Å². The third-order valence-corrected chi connectivity index (χ3v) is 6.31. The molecule has 8 nitrogen and oxygen atoms in total. The molecule has 0 aromatic heterocycles. The number of rotatable bonds is 7. The van der Waals surface area contributed by atoms with Gasteiger partial charge in [-0.2, -0.15) is 0 Å². The van der Waals surface area contributed by atoms with Gasteiger partial charge < -0.3 is 19.1 Å². The molecule has 9 heteroatoms. The van der Waals surface area contributed by atoms with Crippen LogP contribution in [0.4, 0.5) is 0 Å². The van der Waals surface area contributed by atoms with E-state index in [4.69, 9.17) is 14.2 Å². The molecule has 0 radical (unpaired) electrons. The van der Waals surface area contributed by atoms with E-state index in [1.165, 1.54) is 33.1 Å². The van der Waals surface area contributed by atoms with Crippen LogP contribution in [0.5, 0.6) is 11.5 Å². The maximum atomic E-state index is 12.4. The second kappa shape index (κ2) is 8.60. The Hall–Kier alpha value is -2.29. The minimum atomic E-state index is -3.10. The molecule has 0 N–H and O–H groups in total. The molecular weight excluding hydrogens is 374 g/mol. The number of esters is 1. The lowest BCUT2D eigenvalue weighted by molar-refractivity contribution is -0.158. The van der Waals surface area contributed by atoms with Crippen molar-refractivity contribution in [2.45, 2.75) is 31.9 Å². The van der Waals surface area contributed by atoms with Gasteiger partial charge in [-0.3, -0.25) is 9.59 Å². The number of nitrogens with zero attached hydrogens (tertiary/aromatic N) is 1. The Morgan fingerprint density at radius 3 is 2.44 bits per heavy atom. The summed E-state index contributed by atoms with van der Waals surface area (Å²) in [6, 6.07) is 4.69. The quantitative estimate of drug-likeness (QED) is 0.626. The lowest BCUT2D eigenvalue weighted by Crippen LogP contribution is -2.44. The summed E-state index contributed by atoms with van der Waals surface area (Å²) in [5, 5.41) is 0. The zero-order valence-corrected chi connectivity index (χ0v) is 16.7. The van der Waals surface area contributed by atoms with E-state index >= 15 is 0 Å². The number of likely N-dealkylation sites (N-methyl/N-ethyl adjacent to an activating group) is 1. The molecule has 1 aromatic carbocycles. The minimum absolute atomic E-state index is 0.0283. The van der Waals surface area contributed by atoms with Crippen LogP contribution in [-0.2, 0) is 30.6 Å². The van der Waals surface area contributed by atoms with Gasteiger partial charge in [0.05, 0.1) is 32.1 Å². The fourth-order valence-electron chi connectivity index (χ4n) is 2.99. The van der Waals surface area contributed by atoms with Gasteiger partial charge in [0, 0.05) is 13.1 Å². The van der Waals surface area contributed by atoms with Crippen molar-refractivity contribution < 1.29 is 32.2 Å². The lowest BCUT2D eigenvalue weighted by Gasteiger charge is -2.26. The van der Waals surface area contributed by atoms with Crippen LogP contribution in [0.3, 0.4) is 0 Å². The molecule has 1 heterocycles. The Labute approximate surface area is 159 Å². The van der Waals surface area contributed by atoms with Gasteiger partial charge in [-0.1, -0.05) is 6.07 Å². The highest BCUT2D eigenvalue weighted by Crippen LogP contribution is 2.27. The van der Waals surface area contributed by atoms with E-state index in [1.807, 2.05) is 0 Å². The third kappa shape index (κ3) is 5.35. The molecular formula is C18H25NO7S. The van der Waals surface area contributed by atoms with Crippen molar-refractivity contribution in [3.05, 3.63) is 23.8 Å². The fourth-order valence-corrected chi connectivity index (χ4v) is 4.77. The normalized spacial score (nSPS) is 19.2. The molecule has 1 aliphatic heterocycles. The van der Waals surface area contributed by atoms with Gasteiger partial charge in [0.15, 0.2) is 27.4 Å². The van der Waals surface area contributed by atoms with E-state index in [1.54, 1.807) is 18.2 Å². The Kier molecular flexibility index (Phi) is 6.69. The highest BCUT2D eigenvalue weighted by atomic mass is 32.2. The van der Waals surface area contributed by atoms with Gasteiger partial charge in [-0.25, -0.2) is 8.42 Å². The summed E-state index contributed by atoms with van der Waals surface area (Å²) < 4.78 is 38.7. The number of ether oxygens (including phenoxy) is 3. The number of hydrogen-bond donors (Lipinski definition) is 0. The fraction of sp³-hybridized carbons (Fsp3) is 0.556. The van der Waals surface area contributed by atoms with Crippen molar-refractivity contribution in [2.24, 2.45) is 0 Å². The van der Waals surface area contributed by atoms with Crippen LogP contribution in [0, 0.1) is 0 Å². The molecule has 2 rings (SSSR count). The molecule has 150 valence electrons. The third-order valence-electron chi connectivity index (χ3n) is 4.56. The predicted octanol–water partition coefficient (Wildman–Crippen LogP) is 0.824. The lowest BCUT2D eigenvalue weighted by atomic mass is 10.1. The highest BCUT2D eigenvalue weighted by molar-refractivity contribution is 7.91. The number of benzene rings is 1. The molecule has 27 heavy (non-hydrogen) atoms. The van der Waals surface area contributed by atoms with E-state index < -0.39 is 27.8 Å². The molecule has 2 atom stereocenters. The highest BCUT2D eigenvalue weighted by Gasteiger charge is 2.34. The number of carbonyl (C=O) groups is 2. The molecule has 1 aromatic rings. The van der Waals surface area contributed by atoms with Gasteiger partial charge in [0.25, 0.3) is 5.91 Å². The molecule has 1 fully saturated rings. The van der Waals surface area contributed by atoms with Gasteiger partial charge in [0.1, 0.15) is 0 Å². The Bertz CT molecular complexity index is 806. The second-order valence-electron chi connectivity index (χ2n) is 6.50. The molecule has 1 saturated heterocycles.